The molecule has 0 aliphatic rings. The maximum absolute atomic E-state index is 12.7. The summed E-state index contributed by atoms with van der Waals surface area (Å²) < 4.78 is 23.0. The van der Waals surface area contributed by atoms with Crippen molar-refractivity contribution < 1.29 is 32.9 Å². The summed E-state index contributed by atoms with van der Waals surface area (Å²) in [6.45, 7) is 4.41. The number of likely N-dealkylation sites (N-methyl/N-ethyl adjacent to an activating group) is 1. The number of nitrogens with one attached hydrogen (secondary N) is 1. The SMILES string of the molecule is CC/C=C\C/C=C\C/C=C\C/C=C\C/C=C\C/C=C\C/C=C\C/C=C\C/C=C\CCCCCC(=O)NC(COP(=O)([O-])OCC[N+](C)(C)C)C(O)CCCCCC. The summed E-state index contributed by atoms with van der Waals surface area (Å²) in [5.41, 5.74) is 0. The highest BCUT2D eigenvalue weighted by atomic mass is 31.2. The third kappa shape index (κ3) is 41.1. The summed E-state index contributed by atoms with van der Waals surface area (Å²) in [6.07, 6.45) is 56.0. The molecular formula is C48H81N2O6P. The van der Waals surface area contributed by atoms with Crippen LogP contribution < -0.4 is 10.2 Å². The maximum Gasteiger partial charge on any atom is 0.268 e. The van der Waals surface area contributed by atoms with Crippen molar-refractivity contribution in [1.29, 1.82) is 0 Å². The lowest BCUT2D eigenvalue weighted by Gasteiger charge is -2.30. The Morgan fingerprint density at radius 1 is 0.632 bits per heavy atom. The van der Waals surface area contributed by atoms with E-state index in [1.807, 2.05) is 21.1 Å². The van der Waals surface area contributed by atoms with E-state index in [4.69, 9.17) is 9.05 Å². The summed E-state index contributed by atoms with van der Waals surface area (Å²) in [5.74, 6) is -0.213. The Bertz CT molecular complexity index is 1290. The van der Waals surface area contributed by atoms with Crippen LogP contribution in [-0.2, 0) is 18.4 Å². The molecule has 324 valence electrons. The van der Waals surface area contributed by atoms with Gasteiger partial charge in [-0.3, -0.25) is 9.36 Å². The van der Waals surface area contributed by atoms with Crippen LogP contribution in [0.4, 0.5) is 0 Å². The number of aliphatic hydroxyl groups excluding tert-OH is 1. The number of carbonyl (C=O) groups excluding carboxylic acids is 1. The van der Waals surface area contributed by atoms with Crippen LogP contribution in [-0.4, -0.2) is 68.5 Å². The highest BCUT2D eigenvalue weighted by Gasteiger charge is 2.24. The first-order valence-corrected chi connectivity index (χ1v) is 23.2. The van der Waals surface area contributed by atoms with E-state index in [2.05, 4.69) is 129 Å². The third-order valence-corrected chi connectivity index (χ3v) is 9.74. The first kappa shape index (κ1) is 54.2. The first-order valence-electron chi connectivity index (χ1n) is 21.7. The number of phosphoric acid groups is 1. The van der Waals surface area contributed by atoms with Crippen LogP contribution in [0.2, 0.25) is 0 Å². The topological polar surface area (TPSA) is 108 Å². The molecule has 0 fully saturated rings. The summed E-state index contributed by atoms with van der Waals surface area (Å²) in [7, 11) is 1.25. The Hall–Kier alpha value is -2.84. The molecule has 2 N–H and O–H groups in total. The van der Waals surface area contributed by atoms with E-state index in [0.717, 1.165) is 109 Å². The lowest BCUT2D eigenvalue weighted by atomic mass is 10.0. The molecule has 0 saturated carbocycles. The smallest absolute Gasteiger partial charge is 0.268 e. The zero-order valence-corrected chi connectivity index (χ0v) is 37.4. The summed E-state index contributed by atoms with van der Waals surface area (Å²) in [4.78, 5) is 25.0. The average molecular weight is 813 g/mol. The molecule has 0 bridgehead atoms. The van der Waals surface area contributed by atoms with Gasteiger partial charge < -0.3 is 28.8 Å². The Labute approximate surface area is 349 Å². The molecule has 0 aromatic heterocycles. The fraction of sp³-hybridized carbons (Fsp3) is 0.604. The Morgan fingerprint density at radius 3 is 1.51 bits per heavy atom. The van der Waals surface area contributed by atoms with E-state index in [1.165, 1.54) is 0 Å². The number of rotatable bonds is 37. The number of amides is 1. The standard InChI is InChI=1S/C48H81N2O6P/c1-6-8-10-12-13-14-15-16-17-18-19-20-21-22-23-24-25-26-27-28-29-30-31-32-33-34-35-36-37-38-40-42-48(52)49-46(47(51)41-39-11-9-7-2)45-56-57(53,54)55-44-43-50(3,4)5/h8,10,13-14,16-17,19-20,22-23,25-26,28-29,31-32,34-35,46-47,51H,6-7,9,11-12,15,18,21,24,27,30,33,36-45H2,1-5H3,(H-,49,52,53,54)/b10-8-,14-13-,17-16-,20-19-,23-22-,26-25-,29-28-,32-31-,35-34-. The van der Waals surface area contributed by atoms with E-state index in [9.17, 15) is 19.4 Å². The molecule has 9 heteroatoms. The largest absolute Gasteiger partial charge is 0.756 e. The minimum atomic E-state index is -4.56. The van der Waals surface area contributed by atoms with E-state index >= 15 is 0 Å². The molecule has 0 aromatic rings. The Morgan fingerprint density at radius 2 is 1.07 bits per heavy atom. The van der Waals surface area contributed by atoms with Gasteiger partial charge in [-0.05, 0) is 83.5 Å². The number of aliphatic hydroxyl groups is 1. The number of quaternary nitrogens is 1. The molecule has 3 atom stereocenters. The number of allylic oxidation sites excluding steroid dienone is 18. The molecule has 0 aliphatic carbocycles. The van der Waals surface area contributed by atoms with Crippen molar-refractivity contribution in [3.05, 3.63) is 109 Å². The van der Waals surface area contributed by atoms with E-state index in [0.29, 0.717) is 23.9 Å². The highest BCUT2D eigenvalue weighted by molar-refractivity contribution is 7.45. The number of hydrogen-bond acceptors (Lipinski definition) is 6. The minimum Gasteiger partial charge on any atom is -0.756 e. The molecule has 0 aromatic carbocycles. The number of unbranched alkanes of at least 4 members (excludes halogenated alkanes) is 6. The van der Waals surface area contributed by atoms with Crippen molar-refractivity contribution in [2.24, 2.45) is 0 Å². The van der Waals surface area contributed by atoms with Crippen LogP contribution in [0.3, 0.4) is 0 Å². The van der Waals surface area contributed by atoms with Crippen molar-refractivity contribution in [1.82, 2.24) is 5.32 Å². The van der Waals surface area contributed by atoms with Crippen LogP contribution in [0.5, 0.6) is 0 Å². The lowest BCUT2D eigenvalue weighted by molar-refractivity contribution is -0.870. The van der Waals surface area contributed by atoms with Crippen molar-refractivity contribution in [3.8, 4) is 0 Å². The maximum atomic E-state index is 12.7. The Kier molecular flexibility index (Phi) is 36.7. The predicted molar refractivity (Wildman–Crippen MR) is 242 cm³/mol. The predicted octanol–water partition coefficient (Wildman–Crippen LogP) is 11.5. The average Bonchev–Trinajstić information content (AvgIpc) is 3.16. The van der Waals surface area contributed by atoms with Crippen molar-refractivity contribution in [2.45, 2.75) is 148 Å². The van der Waals surface area contributed by atoms with Crippen LogP contribution in [0, 0.1) is 0 Å². The summed E-state index contributed by atoms with van der Waals surface area (Å²) in [6, 6.07) is -0.822. The zero-order valence-electron chi connectivity index (χ0n) is 36.5. The monoisotopic (exact) mass is 813 g/mol. The van der Waals surface area contributed by atoms with Crippen LogP contribution >= 0.6 is 7.82 Å². The molecule has 57 heavy (non-hydrogen) atoms. The molecule has 0 heterocycles. The van der Waals surface area contributed by atoms with Crippen LogP contribution in [0.15, 0.2) is 109 Å². The summed E-state index contributed by atoms with van der Waals surface area (Å²) in [5, 5.41) is 13.6. The second-order valence-corrected chi connectivity index (χ2v) is 16.7. The van der Waals surface area contributed by atoms with Crippen molar-refractivity contribution in [2.75, 3.05) is 40.9 Å². The normalized spacial score (nSPS) is 15.4. The fourth-order valence-electron chi connectivity index (χ4n) is 5.32. The van der Waals surface area contributed by atoms with Gasteiger partial charge in [0, 0.05) is 6.42 Å². The van der Waals surface area contributed by atoms with Gasteiger partial charge in [-0.2, -0.15) is 0 Å². The quantitative estimate of drug-likeness (QED) is 0.0280. The van der Waals surface area contributed by atoms with Gasteiger partial charge in [0.1, 0.15) is 13.2 Å². The molecule has 0 rings (SSSR count). The minimum absolute atomic E-state index is 0.00278. The first-order chi connectivity index (χ1) is 27.5. The second kappa shape index (κ2) is 38.7. The van der Waals surface area contributed by atoms with Gasteiger partial charge in [-0.15, -0.1) is 0 Å². The number of nitrogens with zero attached hydrogens (tertiary/aromatic N) is 1. The molecule has 0 saturated heterocycles. The van der Waals surface area contributed by atoms with Gasteiger partial charge in [-0.1, -0.05) is 155 Å². The molecule has 3 unspecified atom stereocenters. The van der Waals surface area contributed by atoms with Gasteiger partial charge in [0.05, 0.1) is 39.9 Å². The highest BCUT2D eigenvalue weighted by Crippen LogP contribution is 2.38. The third-order valence-electron chi connectivity index (χ3n) is 8.78. The fourth-order valence-corrected chi connectivity index (χ4v) is 6.04. The van der Waals surface area contributed by atoms with E-state index in [1.54, 1.807) is 0 Å². The Balaban J connectivity index is 4.12. The number of phosphoric ester groups is 1. The second-order valence-electron chi connectivity index (χ2n) is 15.3. The van der Waals surface area contributed by atoms with Gasteiger partial charge in [0.15, 0.2) is 0 Å². The van der Waals surface area contributed by atoms with Crippen LogP contribution in [0.1, 0.15) is 136 Å². The van der Waals surface area contributed by atoms with Crippen molar-refractivity contribution in [3.63, 3.8) is 0 Å². The molecule has 0 aliphatic heterocycles. The molecule has 0 spiro atoms. The lowest BCUT2D eigenvalue weighted by Crippen LogP contribution is -2.46. The number of carbonyl (C=O) groups is 1. The van der Waals surface area contributed by atoms with E-state index in [-0.39, 0.29) is 19.1 Å². The molecule has 1 amide bonds. The van der Waals surface area contributed by atoms with E-state index < -0.39 is 20.0 Å². The molecular weight excluding hydrogens is 732 g/mol. The van der Waals surface area contributed by atoms with Gasteiger partial charge >= 0.3 is 0 Å². The molecule has 8 nitrogen and oxygen atoms in total. The van der Waals surface area contributed by atoms with Gasteiger partial charge in [0.25, 0.3) is 7.82 Å². The zero-order chi connectivity index (χ0) is 42.1. The van der Waals surface area contributed by atoms with Gasteiger partial charge in [0.2, 0.25) is 5.91 Å². The number of hydrogen-bond donors (Lipinski definition) is 2. The molecule has 0 radical (unpaired) electrons. The van der Waals surface area contributed by atoms with Crippen molar-refractivity contribution >= 4 is 13.7 Å². The van der Waals surface area contributed by atoms with Crippen LogP contribution in [0.25, 0.3) is 0 Å². The van der Waals surface area contributed by atoms with Gasteiger partial charge in [-0.25, -0.2) is 0 Å². The summed E-state index contributed by atoms with van der Waals surface area (Å²) >= 11 is 0.